The summed E-state index contributed by atoms with van der Waals surface area (Å²) in [6.45, 7) is 2.58. The summed E-state index contributed by atoms with van der Waals surface area (Å²) in [4.78, 5) is 9.11. The molecule has 4 N–H and O–H groups in total. The minimum atomic E-state index is -1.01. The molecule has 3 aromatic rings. The van der Waals surface area contributed by atoms with Crippen LogP contribution in [-0.2, 0) is 0 Å². The first-order chi connectivity index (χ1) is 13.5. The lowest BCUT2D eigenvalue weighted by Crippen LogP contribution is -2.46. The molecule has 0 bridgehead atoms. The SMILES string of the molecule is CCCCOc1cccc(-c2nc(C3CC(O)(CO)C3)n3ccnc(N)c23)c1. The zero-order chi connectivity index (χ0) is 19.7. The van der Waals surface area contributed by atoms with E-state index in [2.05, 4.69) is 11.9 Å². The van der Waals surface area contributed by atoms with Crippen molar-refractivity contribution < 1.29 is 14.9 Å². The van der Waals surface area contributed by atoms with Crippen LogP contribution in [0.25, 0.3) is 16.8 Å². The lowest BCUT2D eigenvalue weighted by molar-refractivity contribution is -0.0882. The summed E-state index contributed by atoms with van der Waals surface area (Å²) in [5.74, 6) is 2.10. The van der Waals surface area contributed by atoms with E-state index >= 15 is 0 Å². The van der Waals surface area contributed by atoms with Crippen molar-refractivity contribution in [1.29, 1.82) is 0 Å². The fourth-order valence-corrected chi connectivity index (χ4v) is 3.81. The summed E-state index contributed by atoms with van der Waals surface area (Å²) in [5.41, 5.74) is 7.59. The molecule has 1 aromatic carbocycles. The Labute approximate surface area is 163 Å². The van der Waals surface area contributed by atoms with Crippen molar-refractivity contribution >= 4 is 11.3 Å². The summed E-state index contributed by atoms with van der Waals surface area (Å²) in [6.07, 6.45) is 6.54. The lowest BCUT2D eigenvalue weighted by atomic mass is 9.71. The molecule has 1 aliphatic rings. The molecule has 7 heteroatoms. The van der Waals surface area contributed by atoms with Gasteiger partial charge in [-0.2, -0.15) is 0 Å². The predicted octanol–water partition coefficient (Wildman–Crippen LogP) is 2.76. The second-order valence-electron chi connectivity index (χ2n) is 7.57. The molecular formula is C21H26N4O3. The van der Waals surface area contributed by atoms with Gasteiger partial charge in [-0.05, 0) is 31.4 Å². The third kappa shape index (κ3) is 3.31. The number of ether oxygens (including phenoxy) is 1. The van der Waals surface area contributed by atoms with Gasteiger partial charge in [0.15, 0.2) is 0 Å². The Kier molecular flexibility index (Phi) is 4.95. The third-order valence-corrected chi connectivity index (χ3v) is 5.40. The van der Waals surface area contributed by atoms with Gasteiger partial charge in [0.05, 0.1) is 18.8 Å². The molecule has 0 unspecified atom stereocenters. The van der Waals surface area contributed by atoms with Crippen molar-refractivity contribution in [3.05, 3.63) is 42.5 Å². The maximum Gasteiger partial charge on any atom is 0.150 e. The molecule has 1 saturated carbocycles. The first-order valence-electron chi connectivity index (χ1n) is 9.73. The fourth-order valence-electron chi connectivity index (χ4n) is 3.81. The smallest absolute Gasteiger partial charge is 0.150 e. The summed E-state index contributed by atoms with van der Waals surface area (Å²) in [5, 5.41) is 19.5. The predicted molar refractivity (Wildman–Crippen MR) is 107 cm³/mol. The maximum absolute atomic E-state index is 10.2. The van der Waals surface area contributed by atoms with Crippen LogP contribution >= 0.6 is 0 Å². The van der Waals surface area contributed by atoms with Crippen LogP contribution in [0.3, 0.4) is 0 Å². The Morgan fingerprint density at radius 2 is 2.18 bits per heavy atom. The second-order valence-corrected chi connectivity index (χ2v) is 7.57. The highest BCUT2D eigenvalue weighted by atomic mass is 16.5. The topological polar surface area (TPSA) is 106 Å². The number of aliphatic hydroxyl groups excluding tert-OH is 1. The first-order valence-corrected chi connectivity index (χ1v) is 9.73. The molecule has 2 heterocycles. The van der Waals surface area contributed by atoms with E-state index in [1.807, 2.05) is 34.9 Å². The normalized spacial score (nSPS) is 21.6. The van der Waals surface area contributed by atoms with Gasteiger partial charge < -0.3 is 20.7 Å². The number of unbranched alkanes of at least 4 members (excludes halogenated alkanes) is 1. The highest BCUT2D eigenvalue weighted by Crippen LogP contribution is 2.45. The second kappa shape index (κ2) is 7.41. The summed E-state index contributed by atoms with van der Waals surface area (Å²) in [7, 11) is 0. The molecule has 4 rings (SSSR count). The number of anilines is 1. The van der Waals surface area contributed by atoms with Crippen LogP contribution < -0.4 is 10.5 Å². The molecule has 0 aliphatic heterocycles. The van der Waals surface area contributed by atoms with E-state index in [1.165, 1.54) is 0 Å². The van der Waals surface area contributed by atoms with Crippen LogP contribution in [0.1, 0.15) is 44.3 Å². The number of aromatic nitrogens is 3. The molecule has 1 fully saturated rings. The molecule has 0 spiro atoms. The number of benzene rings is 1. The molecule has 1 aliphatic carbocycles. The van der Waals surface area contributed by atoms with E-state index in [0.29, 0.717) is 25.3 Å². The summed E-state index contributed by atoms with van der Waals surface area (Å²) in [6, 6.07) is 7.84. The fraction of sp³-hybridized carbons (Fsp3) is 0.429. The van der Waals surface area contributed by atoms with Gasteiger partial charge >= 0.3 is 0 Å². The van der Waals surface area contributed by atoms with Crippen molar-refractivity contribution in [1.82, 2.24) is 14.4 Å². The van der Waals surface area contributed by atoms with Gasteiger partial charge in [-0.3, -0.25) is 4.40 Å². The largest absolute Gasteiger partial charge is 0.494 e. The van der Waals surface area contributed by atoms with Gasteiger partial charge in [-0.25, -0.2) is 9.97 Å². The van der Waals surface area contributed by atoms with Crippen LogP contribution in [0, 0.1) is 0 Å². The number of rotatable bonds is 7. The minimum absolute atomic E-state index is 0.0594. The number of hydrogen-bond acceptors (Lipinski definition) is 6. The van der Waals surface area contributed by atoms with Crippen molar-refractivity contribution in [3.63, 3.8) is 0 Å². The summed E-state index contributed by atoms with van der Waals surface area (Å²) >= 11 is 0. The van der Waals surface area contributed by atoms with Gasteiger partial charge in [0.2, 0.25) is 0 Å². The first kappa shape index (κ1) is 18.7. The maximum atomic E-state index is 10.2. The van der Waals surface area contributed by atoms with Crippen LogP contribution in [0.15, 0.2) is 36.7 Å². The Morgan fingerprint density at radius 1 is 1.36 bits per heavy atom. The number of nitrogens with zero attached hydrogens (tertiary/aromatic N) is 3. The Balaban J connectivity index is 1.73. The van der Waals surface area contributed by atoms with Gasteiger partial charge in [0.1, 0.15) is 28.6 Å². The van der Waals surface area contributed by atoms with E-state index in [0.717, 1.165) is 41.2 Å². The van der Waals surface area contributed by atoms with E-state index in [1.54, 1.807) is 6.20 Å². The quantitative estimate of drug-likeness (QED) is 0.543. The molecule has 0 radical (unpaired) electrons. The van der Waals surface area contributed by atoms with Gasteiger partial charge in [0, 0.05) is 23.9 Å². The van der Waals surface area contributed by atoms with Crippen molar-refractivity contribution in [2.75, 3.05) is 18.9 Å². The lowest BCUT2D eigenvalue weighted by Gasteiger charge is -2.41. The average molecular weight is 382 g/mol. The molecule has 148 valence electrons. The molecule has 7 nitrogen and oxygen atoms in total. The van der Waals surface area contributed by atoms with E-state index in [9.17, 15) is 10.2 Å². The van der Waals surface area contributed by atoms with Gasteiger partial charge in [0.25, 0.3) is 0 Å². The van der Waals surface area contributed by atoms with Gasteiger partial charge in [-0.1, -0.05) is 25.5 Å². The Hall–Kier alpha value is -2.64. The number of nitrogen functional groups attached to an aromatic ring is 1. The molecule has 0 atom stereocenters. The third-order valence-electron chi connectivity index (χ3n) is 5.40. The van der Waals surface area contributed by atoms with E-state index in [4.69, 9.17) is 15.5 Å². The summed E-state index contributed by atoms with van der Waals surface area (Å²) < 4.78 is 7.79. The van der Waals surface area contributed by atoms with E-state index < -0.39 is 5.60 Å². The number of nitrogens with two attached hydrogens (primary N) is 1. The van der Waals surface area contributed by atoms with Crippen LogP contribution in [0.5, 0.6) is 5.75 Å². The molecule has 2 aromatic heterocycles. The monoisotopic (exact) mass is 382 g/mol. The highest BCUT2D eigenvalue weighted by Gasteiger charge is 2.45. The average Bonchev–Trinajstić information content (AvgIpc) is 3.07. The molecular weight excluding hydrogens is 356 g/mol. The van der Waals surface area contributed by atoms with Crippen LogP contribution in [-0.4, -0.2) is 43.4 Å². The Bertz CT molecular complexity index is 979. The minimum Gasteiger partial charge on any atom is -0.494 e. The van der Waals surface area contributed by atoms with E-state index in [-0.39, 0.29) is 12.5 Å². The zero-order valence-corrected chi connectivity index (χ0v) is 16.0. The standard InChI is InChI=1S/C21H26N4O3/c1-2-3-9-28-16-6-4-5-14(10-16)17-18-19(22)23-7-8-25(18)20(24-17)15-11-21(27,12-15)13-26/h4-8,10,15,26-27H,2-3,9,11-13H2,1H3,(H2,22,23). The van der Waals surface area contributed by atoms with Crippen molar-refractivity contribution in [2.45, 2.75) is 44.1 Å². The van der Waals surface area contributed by atoms with Crippen molar-refractivity contribution in [3.8, 4) is 17.0 Å². The number of fused-ring (bicyclic) bond motifs is 1. The zero-order valence-electron chi connectivity index (χ0n) is 16.0. The van der Waals surface area contributed by atoms with Crippen molar-refractivity contribution in [2.24, 2.45) is 0 Å². The molecule has 28 heavy (non-hydrogen) atoms. The van der Waals surface area contributed by atoms with Crippen LogP contribution in [0.2, 0.25) is 0 Å². The number of hydrogen-bond donors (Lipinski definition) is 3. The molecule has 0 amide bonds. The molecule has 0 saturated heterocycles. The number of aliphatic hydroxyl groups is 2. The van der Waals surface area contributed by atoms with Crippen LogP contribution in [0.4, 0.5) is 5.82 Å². The number of imidazole rings is 1. The highest BCUT2D eigenvalue weighted by molar-refractivity contribution is 5.85. The van der Waals surface area contributed by atoms with Gasteiger partial charge in [-0.15, -0.1) is 0 Å². The Morgan fingerprint density at radius 3 is 2.93 bits per heavy atom.